The molecule has 0 fully saturated rings. The van der Waals surface area contributed by atoms with Gasteiger partial charge in [-0.25, -0.2) is 4.98 Å². The average molecular weight is 341 g/mol. The summed E-state index contributed by atoms with van der Waals surface area (Å²) in [6, 6.07) is 8.93. The lowest BCUT2D eigenvalue weighted by Crippen LogP contribution is -2.20. The quantitative estimate of drug-likeness (QED) is 0.867. The molecule has 1 N–H and O–H groups in total. The maximum atomic E-state index is 4.29. The zero-order valence-corrected chi connectivity index (χ0v) is 12.2. The van der Waals surface area contributed by atoms with Crippen molar-refractivity contribution in [2.75, 3.05) is 0 Å². The van der Waals surface area contributed by atoms with E-state index in [0.717, 1.165) is 12.4 Å². The SMILES string of the molecule is CC(NCc1nccn1C)c1ccc(I)cc1. The maximum Gasteiger partial charge on any atom is 0.122 e. The van der Waals surface area contributed by atoms with Crippen LogP contribution in [0, 0.1) is 3.57 Å². The number of hydrogen-bond acceptors (Lipinski definition) is 2. The van der Waals surface area contributed by atoms with Crippen molar-refractivity contribution in [2.24, 2.45) is 7.05 Å². The van der Waals surface area contributed by atoms with Crippen molar-refractivity contribution in [1.29, 1.82) is 0 Å². The van der Waals surface area contributed by atoms with Crippen molar-refractivity contribution in [3.05, 3.63) is 51.6 Å². The first-order chi connectivity index (χ1) is 8.16. The van der Waals surface area contributed by atoms with Gasteiger partial charge in [0, 0.05) is 29.1 Å². The highest BCUT2D eigenvalue weighted by Gasteiger charge is 2.06. The van der Waals surface area contributed by atoms with E-state index in [4.69, 9.17) is 0 Å². The molecule has 0 aliphatic carbocycles. The minimum Gasteiger partial charge on any atom is -0.337 e. The monoisotopic (exact) mass is 341 g/mol. The van der Waals surface area contributed by atoms with Crippen molar-refractivity contribution < 1.29 is 0 Å². The molecule has 2 rings (SSSR count). The number of nitrogens with one attached hydrogen (secondary N) is 1. The molecule has 0 bridgehead atoms. The number of aromatic nitrogens is 2. The largest absolute Gasteiger partial charge is 0.337 e. The average Bonchev–Trinajstić information content (AvgIpc) is 2.73. The lowest BCUT2D eigenvalue weighted by molar-refractivity contribution is 0.549. The van der Waals surface area contributed by atoms with Crippen molar-refractivity contribution in [1.82, 2.24) is 14.9 Å². The number of nitrogens with zero attached hydrogens (tertiary/aromatic N) is 2. The van der Waals surface area contributed by atoms with Crippen LogP contribution in [-0.4, -0.2) is 9.55 Å². The molecular weight excluding hydrogens is 325 g/mol. The summed E-state index contributed by atoms with van der Waals surface area (Å²) in [6.45, 7) is 2.96. The fraction of sp³-hybridized carbons (Fsp3) is 0.308. The van der Waals surface area contributed by atoms with Crippen LogP contribution in [0.25, 0.3) is 0 Å². The van der Waals surface area contributed by atoms with Crippen LogP contribution in [0.1, 0.15) is 24.4 Å². The normalized spacial score (nSPS) is 12.6. The smallest absolute Gasteiger partial charge is 0.122 e. The summed E-state index contributed by atoms with van der Waals surface area (Å²) in [5.41, 5.74) is 1.31. The Labute approximate surface area is 115 Å². The third-order valence-corrected chi connectivity index (χ3v) is 3.58. The first-order valence-corrected chi connectivity index (χ1v) is 6.70. The fourth-order valence-corrected chi connectivity index (χ4v) is 2.04. The molecule has 4 heteroatoms. The molecule has 0 radical (unpaired) electrons. The van der Waals surface area contributed by atoms with Gasteiger partial charge in [0.2, 0.25) is 0 Å². The van der Waals surface area contributed by atoms with E-state index in [2.05, 4.69) is 64.1 Å². The number of rotatable bonds is 4. The van der Waals surface area contributed by atoms with Gasteiger partial charge in [0.15, 0.2) is 0 Å². The van der Waals surface area contributed by atoms with Gasteiger partial charge in [-0.1, -0.05) is 12.1 Å². The van der Waals surface area contributed by atoms with E-state index in [1.807, 2.05) is 24.0 Å². The predicted molar refractivity (Wildman–Crippen MR) is 77.6 cm³/mol. The number of aryl methyl sites for hydroxylation is 1. The Hall–Kier alpha value is -0.880. The Kier molecular flexibility index (Phi) is 4.17. The number of benzene rings is 1. The fourth-order valence-electron chi connectivity index (χ4n) is 1.68. The highest BCUT2D eigenvalue weighted by molar-refractivity contribution is 14.1. The zero-order valence-electron chi connectivity index (χ0n) is 10.0. The first-order valence-electron chi connectivity index (χ1n) is 5.62. The second-order valence-corrected chi connectivity index (χ2v) is 5.35. The Bertz CT molecular complexity index is 476. The van der Waals surface area contributed by atoms with Crippen LogP contribution < -0.4 is 5.32 Å². The number of halogens is 1. The van der Waals surface area contributed by atoms with Crippen molar-refractivity contribution in [3.63, 3.8) is 0 Å². The van der Waals surface area contributed by atoms with Crippen molar-refractivity contribution >= 4 is 22.6 Å². The van der Waals surface area contributed by atoms with Crippen LogP contribution in [0.3, 0.4) is 0 Å². The van der Waals surface area contributed by atoms with Crippen LogP contribution in [-0.2, 0) is 13.6 Å². The molecule has 1 heterocycles. The third-order valence-electron chi connectivity index (χ3n) is 2.86. The van der Waals surface area contributed by atoms with Crippen LogP contribution in [0.5, 0.6) is 0 Å². The molecule has 17 heavy (non-hydrogen) atoms. The summed E-state index contributed by atoms with van der Waals surface area (Å²) in [5.74, 6) is 1.06. The second kappa shape index (κ2) is 5.64. The van der Waals surface area contributed by atoms with Crippen LogP contribution in [0.2, 0.25) is 0 Å². The van der Waals surface area contributed by atoms with Gasteiger partial charge in [0.05, 0.1) is 6.54 Å². The lowest BCUT2D eigenvalue weighted by Gasteiger charge is -2.14. The van der Waals surface area contributed by atoms with E-state index in [9.17, 15) is 0 Å². The van der Waals surface area contributed by atoms with Crippen LogP contribution in [0.15, 0.2) is 36.7 Å². The summed E-state index contributed by atoms with van der Waals surface area (Å²) in [4.78, 5) is 4.29. The molecule has 0 amide bonds. The molecule has 0 spiro atoms. The van der Waals surface area contributed by atoms with Gasteiger partial charge in [0.1, 0.15) is 5.82 Å². The Morgan fingerprint density at radius 1 is 1.35 bits per heavy atom. The minimum absolute atomic E-state index is 0.337. The summed E-state index contributed by atoms with van der Waals surface area (Å²) >= 11 is 2.32. The molecule has 1 aromatic heterocycles. The molecule has 0 saturated heterocycles. The molecule has 3 nitrogen and oxygen atoms in total. The molecule has 0 aliphatic rings. The molecular formula is C13H16IN3. The summed E-state index contributed by atoms with van der Waals surface area (Å²) in [7, 11) is 2.01. The molecule has 1 unspecified atom stereocenters. The zero-order chi connectivity index (χ0) is 12.3. The van der Waals surface area contributed by atoms with E-state index in [1.54, 1.807) is 0 Å². The standard InChI is InChI=1S/C13H16IN3/c1-10(11-3-5-12(14)6-4-11)16-9-13-15-7-8-17(13)2/h3-8,10,16H,9H2,1-2H3. The van der Waals surface area contributed by atoms with Gasteiger partial charge in [-0.05, 0) is 47.2 Å². The highest BCUT2D eigenvalue weighted by atomic mass is 127. The molecule has 1 atom stereocenters. The number of hydrogen-bond donors (Lipinski definition) is 1. The van der Waals surface area contributed by atoms with E-state index >= 15 is 0 Å². The highest BCUT2D eigenvalue weighted by Crippen LogP contribution is 2.14. The van der Waals surface area contributed by atoms with Crippen LogP contribution >= 0.6 is 22.6 Å². The van der Waals surface area contributed by atoms with E-state index in [0.29, 0.717) is 6.04 Å². The minimum atomic E-state index is 0.337. The summed E-state index contributed by atoms with van der Waals surface area (Å²) in [5, 5.41) is 3.48. The van der Waals surface area contributed by atoms with E-state index < -0.39 is 0 Å². The molecule has 0 aliphatic heterocycles. The van der Waals surface area contributed by atoms with Gasteiger partial charge < -0.3 is 9.88 Å². The third kappa shape index (κ3) is 3.29. The molecule has 1 aromatic carbocycles. The molecule has 2 aromatic rings. The van der Waals surface area contributed by atoms with Gasteiger partial charge in [0.25, 0.3) is 0 Å². The van der Waals surface area contributed by atoms with Gasteiger partial charge in [-0.2, -0.15) is 0 Å². The van der Waals surface area contributed by atoms with Crippen molar-refractivity contribution in [2.45, 2.75) is 19.5 Å². The Morgan fingerprint density at radius 3 is 2.65 bits per heavy atom. The van der Waals surface area contributed by atoms with Crippen molar-refractivity contribution in [3.8, 4) is 0 Å². The van der Waals surface area contributed by atoms with Gasteiger partial charge in [-0.15, -0.1) is 0 Å². The van der Waals surface area contributed by atoms with Gasteiger partial charge >= 0.3 is 0 Å². The maximum absolute atomic E-state index is 4.29. The van der Waals surface area contributed by atoms with E-state index in [-0.39, 0.29) is 0 Å². The Balaban J connectivity index is 1.95. The summed E-state index contributed by atoms with van der Waals surface area (Å²) < 4.78 is 3.30. The van der Waals surface area contributed by atoms with E-state index in [1.165, 1.54) is 9.13 Å². The van der Waals surface area contributed by atoms with Crippen LogP contribution in [0.4, 0.5) is 0 Å². The molecule has 0 saturated carbocycles. The summed E-state index contributed by atoms with van der Waals surface area (Å²) in [6.07, 6.45) is 3.79. The topological polar surface area (TPSA) is 29.9 Å². The van der Waals surface area contributed by atoms with Gasteiger partial charge in [-0.3, -0.25) is 0 Å². The first kappa shape index (κ1) is 12.6. The number of imidazole rings is 1. The lowest BCUT2D eigenvalue weighted by atomic mass is 10.1. The molecule has 90 valence electrons. The second-order valence-electron chi connectivity index (χ2n) is 4.11. The Morgan fingerprint density at radius 2 is 2.06 bits per heavy atom. The predicted octanol–water partition coefficient (Wildman–Crippen LogP) is 2.88.